The van der Waals surface area contributed by atoms with Gasteiger partial charge in [0.2, 0.25) is 0 Å². The maximum Gasteiger partial charge on any atom is 0.0556 e. The summed E-state index contributed by atoms with van der Waals surface area (Å²) < 4.78 is 5.14. The largest absolute Gasteiger partial charge is 0.380 e. The smallest absolute Gasteiger partial charge is 0.0556 e. The van der Waals surface area contributed by atoms with Crippen LogP contribution in [0, 0.1) is 5.41 Å². The number of halogens is 1. The topological polar surface area (TPSA) is 9.23 Å². The molecule has 0 amide bonds. The van der Waals surface area contributed by atoms with Gasteiger partial charge in [0.1, 0.15) is 0 Å². The first-order chi connectivity index (χ1) is 4.83. The van der Waals surface area contributed by atoms with Crippen LogP contribution in [-0.4, -0.2) is 19.1 Å². The minimum atomic E-state index is 0.359. The molecule has 1 aliphatic rings. The Labute approximate surface area is 67.7 Å². The second-order valence-electron chi connectivity index (χ2n) is 3.23. The number of hydrogen-bond donors (Lipinski definition) is 0. The highest BCUT2D eigenvalue weighted by atomic mass is 35.5. The molecule has 10 heavy (non-hydrogen) atoms. The number of hydrogen-bond acceptors (Lipinski definition) is 1. The minimum Gasteiger partial charge on any atom is -0.380 e. The maximum atomic E-state index is 5.82. The van der Waals surface area contributed by atoms with E-state index in [0.29, 0.717) is 5.41 Å². The molecular weight excluding hydrogens is 148 g/mol. The zero-order chi connectivity index (χ0) is 7.45. The van der Waals surface area contributed by atoms with Crippen molar-refractivity contribution in [2.24, 2.45) is 5.41 Å². The summed E-state index contributed by atoms with van der Waals surface area (Å²) in [6.45, 7) is 3.98. The molecular formula is C8H15ClO. The van der Waals surface area contributed by atoms with Crippen molar-refractivity contribution in [2.75, 3.05) is 19.1 Å². The zero-order valence-electron chi connectivity index (χ0n) is 6.53. The second kappa shape index (κ2) is 3.59. The zero-order valence-corrected chi connectivity index (χ0v) is 7.28. The van der Waals surface area contributed by atoms with Gasteiger partial charge in [-0.3, -0.25) is 0 Å². The van der Waals surface area contributed by atoms with Crippen molar-refractivity contribution in [1.82, 2.24) is 0 Å². The summed E-state index contributed by atoms with van der Waals surface area (Å²) in [5.41, 5.74) is 0.359. The van der Waals surface area contributed by atoms with E-state index in [1.165, 1.54) is 19.3 Å². The summed E-state index contributed by atoms with van der Waals surface area (Å²) in [6, 6.07) is 0. The van der Waals surface area contributed by atoms with Crippen LogP contribution in [0.4, 0.5) is 0 Å². The Morgan fingerprint density at radius 1 is 1.50 bits per heavy atom. The summed E-state index contributed by atoms with van der Waals surface area (Å²) in [6.07, 6.45) is 3.79. The van der Waals surface area contributed by atoms with Gasteiger partial charge in [0.25, 0.3) is 0 Å². The minimum absolute atomic E-state index is 0.359. The van der Waals surface area contributed by atoms with Gasteiger partial charge >= 0.3 is 0 Å². The van der Waals surface area contributed by atoms with E-state index in [9.17, 15) is 0 Å². The van der Waals surface area contributed by atoms with Gasteiger partial charge < -0.3 is 4.74 Å². The van der Waals surface area contributed by atoms with Crippen molar-refractivity contribution in [3.63, 3.8) is 0 Å². The SMILES string of the molecule is CCCCC1(CCl)COC1. The van der Waals surface area contributed by atoms with Crippen molar-refractivity contribution in [3.05, 3.63) is 0 Å². The molecule has 0 unspecified atom stereocenters. The first kappa shape index (κ1) is 8.35. The predicted molar refractivity (Wildman–Crippen MR) is 43.5 cm³/mol. The Morgan fingerprint density at radius 2 is 2.20 bits per heavy atom. The summed E-state index contributed by atoms with van der Waals surface area (Å²) >= 11 is 5.82. The van der Waals surface area contributed by atoms with Gasteiger partial charge in [-0.05, 0) is 6.42 Å². The third-order valence-electron chi connectivity index (χ3n) is 2.16. The number of alkyl halides is 1. The van der Waals surface area contributed by atoms with Crippen LogP contribution in [0.5, 0.6) is 0 Å². The molecule has 1 nitrogen and oxygen atoms in total. The molecule has 1 aliphatic heterocycles. The lowest BCUT2D eigenvalue weighted by Gasteiger charge is -2.39. The van der Waals surface area contributed by atoms with Crippen molar-refractivity contribution in [1.29, 1.82) is 0 Å². The fourth-order valence-corrected chi connectivity index (χ4v) is 1.52. The summed E-state index contributed by atoms with van der Waals surface area (Å²) in [5, 5.41) is 0. The molecule has 0 bridgehead atoms. The van der Waals surface area contributed by atoms with Crippen LogP contribution in [0.25, 0.3) is 0 Å². The number of rotatable bonds is 4. The third-order valence-corrected chi connectivity index (χ3v) is 2.73. The van der Waals surface area contributed by atoms with Crippen molar-refractivity contribution in [3.8, 4) is 0 Å². The van der Waals surface area contributed by atoms with Crippen molar-refractivity contribution >= 4 is 11.6 Å². The highest BCUT2D eigenvalue weighted by molar-refractivity contribution is 6.18. The predicted octanol–water partition coefficient (Wildman–Crippen LogP) is 2.43. The quantitative estimate of drug-likeness (QED) is 0.577. The van der Waals surface area contributed by atoms with E-state index in [4.69, 9.17) is 16.3 Å². The molecule has 0 spiro atoms. The molecule has 1 saturated heterocycles. The monoisotopic (exact) mass is 162 g/mol. The normalized spacial score (nSPS) is 22.2. The Hall–Kier alpha value is 0.250. The van der Waals surface area contributed by atoms with Gasteiger partial charge in [0, 0.05) is 11.3 Å². The lowest BCUT2D eigenvalue weighted by atomic mass is 9.83. The lowest BCUT2D eigenvalue weighted by molar-refractivity contribution is -0.104. The molecule has 1 heterocycles. The van der Waals surface area contributed by atoms with Crippen LogP contribution >= 0.6 is 11.6 Å². The molecule has 0 aromatic rings. The summed E-state index contributed by atoms with van der Waals surface area (Å²) in [5.74, 6) is 0.771. The summed E-state index contributed by atoms with van der Waals surface area (Å²) in [7, 11) is 0. The van der Waals surface area contributed by atoms with Crippen LogP contribution in [-0.2, 0) is 4.74 Å². The fourth-order valence-electron chi connectivity index (χ4n) is 1.23. The van der Waals surface area contributed by atoms with Crippen molar-refractivity contribution in [2.45, 2.75) is 26.2 Å². The fraction of sp³-hybridized carbons (Fsp3) is 1.00. The Morgan fingerprint density at radius 3 is 2.50 bits per heavy atom. The van der Waals surface area contributed by atoms with Crippen molar-refractivity contribution < 1.29 is 4.74 Å². The molecule has 60 valence electrons. The number of ether oxygens (including phenoxy) is 1. The molecule has 0 radical (unpaired) electrons. The number of unbranched alkanes of at least 4 members (excludes halogenated alkanes) is 1. The molecule has 1 fully saturated rings. The van der Waals surface area contributed by atoms with Gasteiger partial charge in [-0.15, -0.1) is 11.6 Å². The van der Waals surface area contributed by atoms with Gasteiger partial charge in [0.15, 0.2) is 0 Å². The van der Waals surface area contributed by atoms with E-state index in [1.807, 2.05) is 0 Å². The van der Waals surface area contributed by atoms with Crippen LogP contribution in [0.2, 0.25) is 0 Å². The summed E-state index contributed by atoms with van der Waals surface area (Å²) in [4.78, 5) is 0. The van der Waals surface area contributed by atoms with Gasteiger partial charge in [-0.1, -0.05) is 19.8 Å². The molecule has 0 aromatic carbocycles. The molecule has 0 N–H and O–H groups in total. The third kappa shape index (κ3) is 1.64. The molecule has 0 atom stereocenters. The second-order valence-corrected chi connectivity index (χ2v) is 3.50. The standard InChI is InChI=1S/C8H15ClO/c1-2-3-4-8(5-9)6-10-7-8/h2-7H2,1H3. The average molecular weight is 163 g/mol. The van der Waals surface area contributed by atoms with Crippen LogP contribution < -0.4 is 0 Å². The van der Waals surface area contributed by atoms with Gasteiger partial charge in [-0.2, -0.15) is 0 Å². The highest BCUT2D eigenvalue weighted by Crippen LogP contribution is 2.34. The van der Waals surface area contributed by atoms with Crippen LogP contribution in [0.1, 0.15) is 26.2 Å². The van der Waals surface area contributed by atoms with E-state index in [0.717, 1.165) is 19.1 Å². The Kier molecular flexibility index (Phi) is 2.99. The molecule has 0 aromatic heterocycles. The van der Waals surface area contributed by atoms with E-state index in [2.05, 4.69) is 6.92 Å². The Balaban J connectivity index is 2.20. The van der Waals surface area contributed by atoms with E-state index in [-0.39, 0.29) is 0 Å². The van der Waals surface area contributed by atoms with E-state index in [1.54, 1.807) is 0 Å². The Bertz CT molecular complexity index is 93.9. The molecule has 1 rings (SSSR count). The molecule has 0 aliphatic carbocycles. The molecule has 0 saturated carbocycles. The van der Waals surface area contributed by atoms with E-state index >= 15 is 0 Å². The lowest BCUT2D eigenvalue weighted by Crippen LogP contribution is -2.44. The van der Waals surface area contributed by atoms with Gasteiger partial charge in [-0.25, -0.2) is 0 Å². The maximum absolute atomic E-state index is 5.82. The van der Waals surface area contributed by atoms with Crippen LogP contribution in [0.3, 0.4) is 0 Å². The van der Waals surface area contributed by atoms with Gasteiger partial charge in [0.05, 0.1) is 13.2 Å². The first-order valence-corrected chi connectivity index (χ1v) is 4.50. The average Bonchev–Trinajstić information content (AvgIpc) is 1.87. The highest BCUT2D eigenvalue weighted by Gasteiger charge is 2.36. The van der Waals surface area contributed by atoms with Crippen LogP contribution in [0.15, 0.2) is 0 Å². The first-order valence-electron chi connectivity index (χ1n) is 3.97. The molecule has 2 heteroatoms. The van der Waals surface area contributed by atoms with E-state index < -0.39 is 0 Å².